The summed E-state index contributed by atoms with van der Waals surface area (Å²) < 4.78 is 0. The molecule has 3 saturated heterocycles. The summed E-state index contributed by atoms with van der Waals surface area (Å²) in [4.78, 5) is 11.9. The number of benzene rings is 1. The number of likely N-dealkylation sites (tertiary alicyclic amines) is 1. The van der Waals surface area contributed by atoms with Crippen molar-refractivity contribution in [2.24, 2.45) is 0 Å². The van der Waals surface area contributed by atoms with Gasteiger partial charge >= 0.3 is 0 Å². The van der Waals surface area contributed by atoms with E-state index in [9.17, 15) is 5.11 Å². The molecule has 6 rings (SSSR count). The first-order valence-corrected chi connectivity index (χ1v) is 13.8. The molecule has 8 heteroatoms. The summed E-state index contributed by atoms with van der Waals surface area (Å²) in [7, 11) is 0. The van der Waals surface area contributed by atoms with Crippen molar-refractivity contribution in [2.45, 2.75) is 50.6 Å². The molecular formula is C30H35N7O. The number of aromatic hydroxyl groups is 1. The number of hydrogen-bond donors (Lipinski definition) is 2. The van der Waals surface area contributed by atoms with Gasteiger partial charge in [-0.3, -0.25) is 4.90 Å². The summed E-state index contributed by atoms with van der Waals surface area (Å²) in [6, 6.07) is 14.1. The van der Waals surface area contributed by atoms with Crippen LogP contribution in [-0.4, -0.2) is 70.0 Å². The minimum Gasteiger partial charge on any atom is -0.507 e. The molecular weight excluding hydrogens is 474 g/mol. The fourth-order valence-electron chi connectivity index (χ4n) is 6.17. The lowest BCUT2D eigenvalue weighted by Gasteiger charge is -2.43. The fourth-order valence-corrected chi connectivity index (χ4v) is 6.17. The van der Waals surface area contributed by atoms with E-state index in [-0.39, 0.29) is 5.75 Å². The Kier molecular flexibility index (Phi) is 7.02. The molecule has 38 heavy (non-hydrogen) atoms. The second kappa shape index (κ2) is 10.9. The van der Waals surface area contributed by atoms with Crippen molar-refractivity contribution in [1.29, 1.82) is 0 Å². The highest BCUT2D eigenvalue weighted by Crippen LogP contribution is 2.39. The smallest absolute Gasteiger partial charge is 0.169 e. The first-order valence-electron chi connectivity index (χ1n) is 13.8. The van der Waals surface area contributed by atoms with Crippen molar-refractivity contribution in [2.75, 3.05) is 48.3 Å². The number of para-hydroxylation sites is 1. The number of aromatic nitrogens is 3. The number of phenolic OH excluding ortho intramolecular Hbond substituents is 1. The molecule has 1 aromatic carbocycles. The van der Waals surface area contributed by atoms with Crippen LogP contribution >= 0.6 is 0 Å². The number of piperazine rings is 1. The van der Waals surface area contributed by atoms with Gasteiger partial charge < -0.3 is 20.6 Å². The number of rotatable bonds is 4. The van der Waals surface area contributed by atoms with Gasteiger partial charge in [0.05, 0.1) is 17.9 Å². The number of nitrogens with zero attached hydrogens (tertiary/aromatic N) is 6. The molecule has 3 fully saturated rings. The van der Waals surface area contributed by atoms with Crippen LogP contribution in [0.1, 0.15) is 44.2 Å². The monoisotopic (exact) mass is 509 g/mol. The number of anilines is 3. The first kappa shape index (κ1) is 24.5. The Bertz CT molecular complexity index is 1330. The van der Waals surface area contributed by atoms with Gasteiger partial charge in [-0.2, -0.15) is 0 Å². The molecule has 0 radical (unpaired) electrons. The summed E-state index contributed by atoms with van der Waals surface area (Å²) in [5.74, 6) is 7.29. The molecule has 2 bridgehead atoms. The zero-order valence-corrected chi connectivity index (χ0v) is 21.8. The lowest BCUT2D eigenvalue weighted by molar-refractivity contribution is 0.320. The molecule has 0 spiro atoms. The van der Waals surface area contributed by atoms with E-state index in [0.29, 0.717) is 29.2 Å². The number of pyridine rings is 1. The maximum atomic E-state index is 10.3. The first-order chi connectivity index (χ1) is 18.7. The molecule has 3 aromatic rings. The average Bonchev–Trinajstić information content (AvgIpc) is 3.09. The maximum Gasteiger partial charge on any atom is 0.169 e. The van der Waals surface area contributed by atoms with Crippen LogP contribution in [0.5, 0.6) is 5.75 Å². The zero-order chi connectivity index (χ0) is 25.9. The highest BCUT2D eigenvalue weighted by molar-refractivity contribution is 5.74. The molecule has 2 aromatic heterocycles. The highest BCUT2D eigenvalue weighted by Gasteiger charge is 2.40. The molecule has 3 N–H and O–H groups in total. The molecule has 196 valence electrons. The van der Waals surface area contributed by atoms with E-state index in [2.05, 4.69) is 53.9 Å². The Balaban J connectivity index is 1.17. The molecule has 0 amide bonds. The van der Waals surface area contributed by atoms with Crippen LogP contribution in [0.25, 0.3) is 11.3 Å². The number of phenols is 1. The Hall–Kier alpha value is -3.83. The lowest BCUT2D eigenvalue weighted by Crippen LogP contribution is -2.54. The fraction of sp³-hybridized carbons (Fsp3) is 0.433. The minimum absolute atomic E-state index is 0.186. The third kappa shape index (κ3) is 5.11. The van der Waals surface area contributed by atoms with Gasteiger partial charge in [0.1, 0.15) is 11.4 Å². The van der Waals surface area contributed by atoms with Crippen molar-refractivity contribution in [3.05, 3.63) is 54.4 Å². The Morgan fingerprint density at radius 3 is 2.47 bits per heavy atom. The molecule has 2 unspecified atom stereocenters. The highest BCUT2D eigenvalue weighted by atomic mass is 16.3. The van der Waals surface area contributed by atoms with Gasteiger partial charge in [0.2, 0.25) is 0 Å². The third-order valence-electron chi connectivity index (χ3n) is 8.06. The molecule has 3 aliphatic rings. The van der Waals surface area contributed by atoms with E-state index < -0.39 is 0 Å². The topological polar surface area (TPSA) is 94.6 Å². The van der Waals surface area contributed by atoms with E-state index in [0.717, 1.165) is 56.9 Å². The van der Waals surface area contributed by atoms with Gasteiger partial charge in [0, 0.05) is 42.6 Å². The molecule has 2 atom stereocenters. The number of hydrogen-bond acceptors (Lipinski definition) is 8. The third-order valence-corrected chi connectivity index (χ3v) is 8.06. The molecule has 0 aliphatic carbocycles. The second-order valence-electron chi connectivity index (χ2n) is 10.6. The van der Waals surface area contributed by atoms with Crippen LogP contribution in [0.2, 0.25) is 0 Å². The van der Waals surface area contributed by atoms with Crippen LogP contribution in [0.4, 0.5) is 17.2 Å². The van der Waals surface area contributed by atoms with Crippen molar-refractivity contribution in [3.63, 3.8) is 0 Å². The van der Waals surface area contributed by atoms with Crippen molar-refractivity contribution < 1.29 is 5.11 Å². The Morgan fingerprint density at radius 2 is 1.71 bits per heavy atom. The van der Waals surface area contributed by atoms with Crippen LogP contribution < -0.4 is 15.5 Å². The van der Waals surface area contributed by atoms with Crippen LogP contribution in [0, 0.1) is 11.8 Å². The largest absolute Gasteiger partial charge is 0.507 e. The van der Waals surface area contributed by atoms with Crippen molar-refractivity contribution >= 4 is 17.2 Å². The summed E-state index contributed by atoms with van der Waals surface area (Å²) >= 11 is 0. The maximum absolute atomic E-state index is 10.3. The van der Waals surface area contributed by atoms with E-state index in [1.165, 1.54) is 31.4 Å². The predicted octanol–water partition coefficient (Wildman–Crippen LogP) is 3.91. The summed E-state index contributed by atoms with van der Waals surface area (Å²) in [6.07, 6.45) is 9.38. The standard InChI is InChI=1S/C30H35N7O/c31-30-28(19-27(33-34-30)26-9-3-4-10-29(26)38)36-20-24-11-12-25(21-36)37(24)23-13-14-32-22(18-23)8-7-17-35-15-5-1-2-6-16-35/h3-4,9-10,13-14,18-19,24-25,38H,1-2,5-6,11-12,15-17,20-21H2,(H2,31,34). The van der Waals surface area contributed by atoms with Gasteiger partial charge in [0.25, 0.3) is 0 Å². The summed E-state index contributed by atoms with van der Waals surface area (Å²) in [6.45, 7) is 4.83. The van der Waals surface area contributed by atoms with E-state index in [4.69, 9.17) is 5.73 Å². The van der Waals surface area contributed by atoms with Crippen molar-refractivity contribution in [1.82, 2.24) is 20.1 Å². The summed E-state index contributed by atoms with van der Waals surface area (Å²) in [5.41, 5.74) is 10.5. The normalized spacial score (nSPS) is 21.6. The van der Waals surface area contributed by atoms with Crippen LogP contribution in [0.3, 0.4) is 0 Å². The molecule has 0 saturated carbocycles. The van der Waals surface area contributed by atoms with Gasteiger partial charge in [-0.1, -0.05) is 30.9 Å². The Labute approximate surface area is 224 Å². The SMILES string of the molecule is Nc1nnc(-c2ccccc2O)cc1N1CC2CCC(C1)N2c1ccnc(C#CCN2CCCCCC2)c1. The zero-order valence-electron chi connectivity index (χ0n) is 21.8. The minimum atomic E-state index is 0.186. The second-order valence-corrected chi connectivity index (χ2v) is 10.6. The van der Waals surface area contributed by atoms with Crippen molar-refractivity contribution in [3.8, 4) is 28.8 Å². The summed E-state index contributed by atoms with van der Waals surface area (Å²) in [5, 5.41) is 18.8. The number of nitrogens with two attached hydrogens (primary N) is 1. The van der Waals surface area contributed by atoms with E-state index >= 15 is 0 Å². The van der Waals surface area contributed by atoms with Gasteiger partial charge in [-0.05, 0) is 75.0 Å². The number of fused-ring (bicyclic) bond motifs is 2. The Morgan fingerprint density at radius 1 is 0.947 bits per heavy atom. The molecule has 5 heterocycles. The quantitative estimate of drug-likeness (QED) is 0.512. The van der Waals surface area contributed by atoms with Gasteiger partial charge in [-0.25, -0.2) is 4.98 Å². The molecule has 3 aliphatic heterocycles. The lowest BCUT2D eigenvalue weighted by atomic mass is 10.1. The molecule has 8 nitrogen and oxygen atoms in total. The predicted molar refractivity (Wildman–Crippen MR) is 151 cm³/mol. The van der Waals surface area contributed by atoms with E-state index in [1.54, 1.807) is 12.1 Å². The van der Waals surface area contributed by atoms with Gasteiger partial charge in [-0.15, -0.1) is 10.2 Å². The number of nitrogen functional groups attached to an aromatic ring is 1. The van der Waals surface area contributed by atoms with Gasteiger partial charge in [0.15, 0.2) is 5.82 Å². The average molecular weight is 510 g/mol. The van der Waals surface area contributed by atoms with Crippen LogP contribution in [-0.2, 0) is 0 Å². The van der Waals surface area contributed by atoms with E-state index in [1.807, 2.05) is 24.4 Å². The van der Waals surface area contributed by atoms with Crippen LogP contribution in [0.15, 0.2) is 48.7 Å².